The van der Waals surface area contributed by atoms with Gasteiger partial charge in [-0.3, -0.25) is 4.90 Å². The molecular formula is C13H20N2OS. The molecule has 0 radical (unpaired) electrons. The summed E-state index contributed by atoms with van der Waals surface area (Å²) in [5.41, 5.74) is 0. The van der Waals surface area contributed by atoms with Crippen LogP contribution in [-0.2, 0) is 0 Å². The molecule has 1 N–H and O–H groups in total. The van der Waals surface area contributed by atoms with Gasteiger partial charge < -0.3 is 10.1 Å². The van der Waals surface area contributed by atoms with E-state index < -0.39 is 0 Å². The number of piperazine rings is 1. The third-order valence-electron chi connectivity index (χ3n) is 2.86. The van der Waals surface area contributed by atoms with Gasteiger partial charge in [0.05, 0.1) is 12.0 Å². The highest BCUT2D eigenvalue weighted by Crippen LogP contribution is 2.27. The molecule has 1 fully saturated rings. The largest absolute Gasteiger partial charge is 0.494 e. The second-order valence-corrected chi connectivity index (χ2v) is 5.41. The highest BCUT2D eigenvalue weighted by molar-refractivity contribution is 7.99. The molecule has 0 bridgehead atoms. The number of hydrogen-bond acceptors (Lipinski definition) is 4. The van der Waals surface area contributed by atoms with Crippen molar-refractivity contribution in [2.75, 3.05) is 33.3 Å². The molecule has 3 nitrogen and oxygen atoms in total. The summed E-state index contributed by atoms with van der Waals surface area (Å²) in [6.07, 6.45) is 0. The molecule has 1 aromatic rings. The zero-order valence-corrected chi connectivity index (χ0v) is 11.3. The fraction of sp³-hybridized carbons (Fsp3) is 0.538. The van der Waals surface area contributed by atoms with E-state index in [0.29, 0.717) is 5.37 Å². The first kappa shape index (κ1) is 12.7. The predicted octanol–water partition coefficient (Wildman–Crippen LogP) is 2.04. The van der Waals surface area contributed by atoms with Crippen molar-refractivity contribution in [3.05, 3.63) is 24.3 Å². The SMILES string of the molecule is CCOc1ccc(SC2CNCCN2C)cc1. The van der Waals surface area contributed by atoms with Crippen LogP contribution in [0.3, 0.4) is 0 Å². The number of likely N-dealkylation sites (N-methyl/N-ethyl adjacent to an activating group) is 1. The van der Waals surface area contributed by atoms with E-state index in [1.165, 1.54) is 4.90 Å². The Balaban J connectivity index is 1.93. The molecular weight excluding hydrogens is 232 g/mol. The van der Waals surface area contributed by atoms with E-state index in [-0.39, 0.29) is 0 Å². The fourth-order valence-corrected chi connectivity index (χ4v) is 2.94. The number of nitrogens with zero attached hydrogens (tertiary/aromatic N) is 1. The fourth-order valence-electron chi connectivity index (χ4n) is 1.85. The van der Waals surface area contributed by atoms with Crippen molar-refractivity contribution in [1.82, 2.24) is 10.2 Å². The van der Waals surface area contributed by atoms with Gasteiger partial charge in [0, 0.05) is 24.5 Å². The van der Waals surface area contributed by atoms with Gasteiger partial charge in [0.1, 0.15) is 5.75 Å². The van der Waals surface area contributed by atoms with Crippen LogP contribution in [0.25, 0.3) is 0 Å². The molecule has 0 spiro atoms. The third kappa shape index (κ3) is 3.63. The lowest BCUT2D eigenvalue weighted by molar-refractivity contribution is 0.266. The first-order valence-corrected chi connectivity index (χ1v) is 6.98. The van der Waals surface area contributed by atoms with Crippen LogP contribution < -0.4 is 10.1 Å². The molecule has 1 aliphatic heterocycles. The molecule has 2 rings (SSSR count). The monoisotopic (exact) mass is 252 g/mol. The van der Waals surface area contributed by atoms with Gasteiger partial charge in [-0.25, -0.2) is 0 Å². The summed E-state index contributed by atoms with van der Waals surface area (Å²) in [6, 6.07) is 8.36. The molecule has 0 aromatic heterocycles. The summed E-state index contributed by atoms with van der Waals surface area (Å²) in [5, 5.41) is 3.96. The molecule has 17 heavy (non-hydrogen) atoms. The molecule has 1 unspecified atom stereocenters. The molecule has 1 saturated heterocycles. The number of nitrogens with one attached hydrogen (secondary N) is 1. The van der Waals surface area contributed by atoms with E-state index >= 15 is 0 Å². The third-order valence-corrected chi connectivity index (χ3v) is 4.20. The lowest BCUT2D eigenvalue weighted by atomic mass is 10.3. The van der Waals surface area contributed by atoms with Gasteiger partial charge >= 0.3 is 0 Å². The summed E-state index contributed by atoms with van der Waals surface area (Å²) in [6.45, 7) is 5.99. The number of ether oxygens (including phenoxy) is 1. The van der Waals surface area contributed by atoms with Crippen LogP contribution in [0.2, 0.25) is 0 Å². The average molecular weight is 252 g/mol. The normalized spacial score (nSPS) is 21.4. The lowest BCUT2D eigenvalue weighted by Gasteiger charge is -2.32. The van der Waals surface area contributed by atoms with Crippen molar-refractivity contribution in [3.8, 4) is 5.75 Å². The first-order valence-electron chi connectivity index (χ1n) is 6.10. The summed E-state index contributed by atoms with van der Waals surface area (Å²) in [4.78, 5) is 3.70. The molecule has 1 aromatic carbocycles. The smallest absolute Gasteiger partial charge is 0.119 e. The standard InChI is InChI=1S/C13H20N2OS/c1-3-16-11-4-6-12(7-5-11)17-13-10-14-8-9-15(13)2/h4-7,13-14H,3,8-10H2,1-2H3. The maximum Gasteiger partial charge on any atom is 0.119 e. The minimum absolute atomic E-state index is 0.529. The van der Waals surface area contributed by atoms with E-state index in [2.05, 4.69) is 29.4 Å². The zero-order valence-electron chi connectivity index (χ0n) is 10.5. The van der Waals surface area contributed by atoms with Crippen LogP contribution in [0.4, 0.5) is 0 Å². The zero-order chi connectivity index (χ0) is 12.1. The Bertz CT molecular complexity index is 342. The van der Waals surface area contributed by atoms with Gasteiger partial charge in [-0.2, -0.15) is 0 Å². The Labute approximate surface area is 108 Å². The molecule has 4 heteroatoms. The molecule has 0 aliphatic carbocycles. The van der Waals surface area contributed by atoms with Crippen LogP contribution in [-0.4, -0.2) is 43.6 Å². The number of benzene rings is 1. The van der Waals surface area contributed by atoms with Crippen LogP contribution in [0, 0.1) is 0 Å². The topological polar surface area (TPSA) is 24.5 Å². The van der Waals surface area contributed by atoms with E-state index in [0.717, 1.165) is 32.0 Å². The summed E-state index contributed by atoms with van der Waals surface area (Å²) < 4.78 is 5.44. The van der Waals surface area contributed by atoms with Crippen LogP contribution >= 0.6 is 11.8 Å². The van der Waals surface area contributed by atoms with Gasteiger partial charge in [-0.05, 0) is 38.2 Å². The van der Waals surface area contributed by atoms with Crippen LogP contribution in [0.15, 0.2) is 29.2 Å². The Kier molecular flexibility index (Phi) is 4.71. The maximum absolute atomic E-state index is 5.44. The molecule has 0 amide bonds. The van der Waals surface area contributed by atoms with Crippen molar-refractivity contribution >= 4 is 11.8 Å². The second kappa shape index (κ2) is 6.28. The van der Waals surface area contributed by atoms with Gasteiger partial charge in [0.25, 0.3) is 0 Å². The van der Waals surface area contributed by atoms with E-state index in [1.807, 2.05) is 30.8 Å². The second-order valence-electron chi connectivity index (χ2n) is 4.16. The van der Waals surface area contributed by atoms with Crippen molar-refractivity contribution in [2.45, 2.75) is 17.2 Å². The van der Waals surface area contributed by atoms with E-state index in [4.69, 9.17) is 4.74 Å². The molecule has 1 aliphatic rings. The van der Waals surface area contributed by atoms with Gasteiger partial charge in [0.2, 0.25) is 0 Å². The predicted molar refractivity (Wildman–Crippen MR) is 72.8 cm³/mol. The highest BCUT2D eigenvalue weighted by atomic mass is 32.2. The molecule has 1 atom stereocenters. The Morgan fingerprint density at radius 1 is 1.41 bits per heavy atom. The van der Waals surface area contributed by atoms with Crippen LogP contribution in [0.1, 0.15) is 6.92 Å². The summed E-state index contributed by atoms with van der Waals surface area (Å²) in [5.74, 6) is 0.951. The van der Waals surface area contributed by atoms with E-state index in [9.17, 15) is 0 Å². The summed E-state index contributed by atoms with van der Waals surface area (Å²) >= 11 is 1.91. The minimum Gasteiger partial charge on any atom is -0.494 e. The Hall–Kier alpha value is -0.710. The summed E-state index contributed by atoms with van der Waals surface area (Å²) in [7, 11) is 2.19. The molecule has 94 valence electrons. The molecule has 1 heterocycles. The van der Waals surface area contributed by atoms with Crippen molar-refractivity contribution in [3.63, 3.8) is 0 Å². The van der Waals surface area contributed by atoms with Gasteiger partial charge in [-0.15, -0.1) is 11.8 Å². The van der Waals surface area contributed by atoms with Gasteiger partial charge in [-0.1, -0.05) is 0 Å². The van der Waals surface area contributed by atoms with Gasteiger partial charge in [0.15, 0.2) is 0 Å². The van der Waals surface area contributed by atoms with Crippen LogP contribution in [0.5, 0.6) is 5.75 Å². The number of hydrogen-bond donors (Lipinski definition) is 1. The lowest BCUT2D eigenvalue weighted by Crippen LogP contribution is -2.47. The van der Waals surface area contributed by atoms with Crippen molar-refractivity contribution in [1.29, 1.82) is 0 Å². The Morgan fingerprint density at radius 2 is 2.18 bits per heavy atom. The maximum atomic E-state index is 5.44. The number of rotatable bonds is 4. The van der Waals surface area contributed by atoms with Crippen molar-refractivity contribution in [2.24, 2.45) is 0 Å². The number of thioether (sulfide) groups is 1. The van der Waals surface area contributed by atoms with E-state index in [1.54, 1.807) is 0 Å². The minimum atomic E-state index is 0.529. The Morgan fingerprint density at radius 3 is 2.82 bits per heavy atom. The first-order chi connectivity index (χ1) is 8.29. The highest BCUT2D eigenvalue weighted by Gasteiger charge is 2.19. The van der Waals surface area contributed by atoms with Crippen molar-refractivity contribution < 1.29 is 4.74 Å². The average Bonchev–Trinajstić information content (AvgIpc) is 2.35. The molecule has 0 saturated carbocycles. The quantitative estimate of drug-likeness (QED) is 0.886.